The number of rotatable bonds is 1. The van der Waals surface area contributed by atoms with Gasteiger partial charge in [-0.15, -0.1) is 11.3 Å². The lowest BCUT2D eigenvalue weighted by Crippen LogP contribution is -2.35. The minimum atomic E-state index is -0.0724. The van der Waals surface area contributed by atoms with E-state index < -0.39 is 0 Å². The number of H-pyrrole nitrogens is 1. The number of nitrogens with one attached hydrogen (secondary N) is 1. The topological polar surface area (TPSA) is 75.0 Å². The first-order valence-corrected chi connectivity index (χ1v) is 6.27. The van der Waals surface area contributed by atoms with E-state index in [0.29, 0.717) is 17.9 Å². The number of nitrogens with zero attached hydrogens (tertiary/aromatic N) is 2. The second kappa shape index (κ2) is 3.89. The van der Waals surface area contributed by atoms with Gasteiger partial charge in [0.15, 0.2) is 0 Å². The SMILES string of the molecule is Nc1cn[nH]c1C(=O)N1CCc2sccc2C1. The number of thiophene rings is 1. The van der Waals surface area contributed by atoms with Crippen molar-refractivity contribution in [2.75, 3.05) is 12.3 Å². The van der Waals surface area contributed by atoms with E-state index in [4.69, 9.17) is 5.73 Å². The smallest absolute Gasteiger partial charge is 0.274 e. The van der Waals surface area contributed by atoms with Gasteiger partial charge in [-0.25, -0.2) is 0 Å². The molecule has 1 aliphatic heterocycles. The van der Waals surface area contributed by atoms with Crippen LogP contribution in [0.2, 0.25) is 0 Å². The molecule has 1 amide bonds. The van der Waals surface area contributed by atoms with Crippen LogP contribution in [0.4, 0.5) is 5.69 Å². The molecule has 3 N–H and O–H groups in total. The van der Waals surface area contributed by atoms with Gasteiger partial charge < -0.3 is 10.6 Å². The molecule has 2 aromatic heterocycles. The number of anilines is 1. The first-order chi connectivity index (χ1) is 8.25. The van der Waals surface area contributed by atoms with Crippen LogP contribution in [-0.4, -0.2) is 27.5 Å². The van der Waals surface area contributed by atoms with E-state index >= 15 is 0 Å². The monoisotopic (exact) mass is 248 g/mol. The van der Waals surface area contributed by atoms with Gasteiger partial charge in [-0.3, -0.25) is 9.89 Å². The number of amides is 1. The highest BCUT2D eigenvalue weighted by atomic mass is 32.1. The lowest BCUT2D eigenvalue weighted by Gasteiger charge is -2.26. The van der Waals surface area contributed by atoms with Crippen LogP contribution in [0.15, 0.2) is 17.6 Å². The molecule has 0 aliphatic carbocycles. The zero-order valence-electron chi connectivity index (χ0n) is 9.14. The number of nitrogens with two attached hydrogens (primary N) is 1. The zero-order valence-corrected chi connectivity index (χ0v) is 9.96. The predicted octanol–water partition coefficient (Wildman–Crippen LogP) is 1.25. The third kappa shape index (κ3) is 1.70. The summed E-state index contributed by atoms with van der Waals surface area (Å²) in [6, 6.07) is 2.08. The highest BCUT2D eigenvalue weighted by Gasteiger charge is 2.24. The molecule has 0 spiro atoms. The molecule has 88 valence electrons. The number of hydrogen-bond acceptors (Lipinski definition) is 4. The first kappa shape index (κ1) is 10.3. The summed E-state index contributed by atoms with van der Waals surface area (Å²) in [6.45, 7) is 1.40. The molecule has 5 nitrogen and oxygen atoms in total. The predicted molar refractivity (Wildman–Crippen MR) is 65.8 cm³/mol. The van der Waals surface area contributed by atoms with Crippen LogP contribution in [0.3, 0.4) is 0 Å². The lowest BCUT2D eigenvalue weighted by molar-refractivity contribution is 0.0731. The minimum absolute atomic E-state index is 0.0724. The van der Waals surface area contributed by atoms with Crippen LogP contribution < -0.4 is 5.73 Å². The second-order valence-electron chi connectivity index (χ2n) is 4.05. The van der Waals surface area contributed by atoms with Crippen molar-refractivity contribution in [3.8, 4) is 0 Å². The highest BCUT2D eigenvalue weighted by molar-refractivity contribution is 7.10. The van der Waals surface area contributed by atoms with E-state index in [-0.39, 0.29) is 5.91 Å². The van der Waals surface area contributed by atoms with Gasteiger partial charge in [0.05, 0.1) is 11.9 Å². The van der Waals surface area contributed by atoms with Crippen LogP contribution in [0, 0.1) is 0 Å². The summed E-state index contributed by atoms with van der Waals surface area (Å²) in [7, 11) is 0. The van der Waals surface area contributed by atoms with Crippen LogP contribution in [0.25, 0.3) is 0 Å². The molecular weight excluding hydrogens is 236 g/mol. The quantitative estimate of drug-likeness (QED) is 0.797. The molecule has 0 atom stereocenters. The largest absolute Gasteiger partial charge is 0.396 e. The van der Waals surface area contributed by atoms with E-state index in [2.05, 4.69) is 21.6 Å². The Balaban J connectivity index is 1.84. The van der Waals surface area contributed by atoms with Gasteiger partial charge in [-0.1, -0.05) is 0 Å². The molecule has 6 heteroatoms. The molecule has 17 heavy (non-hydrogen) atoms. The Labute approximate surface area is 102 Å². The maximum atomic E-state index is 12.2. The summed E-state index contributed by atoms with van der Waals surface area (Å²) < 4.78 is 0. The molecule has 1 aliphatic rings. The average molecular weight is 248 g/mol. The fourth-order valence-corrected chi connectivity index (χ4v) is 2.94. The van der Waals surface area contributed by atoms with E-state index in [1.807, 2.05) is 0 Å². The summed E-state index contributed by atoms with van der Waals surface area (Å²) in [6.07, 6.45) is 2.39. The van der Waals surface area contributed by atoms with Gasteiger partial charge in [-0.05, 0) is 23.4 Å². The van der Waals surface area contributed by atoms with Gasteiger partial charge in [0, 0.05) is 18.0 Å². The standard InChI is InChI=1S/C11H12N4OS/c12-8-5-13-14-10(8)11(16)15-3-1-9-7(6-15)2-4-17-9/h2,4-5H,1,3,6,12H2,(H,13,14). The molecule has 0 bridgehead atoms. The Bertz CT molecular complexity index is 559. The Morgan fingerprint density at radius 1 is 1.59 bits per heavy atom. The number of aromatic amines is 1. The first-order valence-electron chi connectivity index (χ1n) is 5.39. The van der Waals surface area contributed by atoms with E-state index in [9.17, 15) is 4.79 Å². The van der Waals surface area contributed by atoms with Crippen molar-refractivity contribution in [2.24, 2.45) is 0 Å². The fourth-order valence-electron chi connectivity index (χ4n) is 2.05. The van der Waals surface area contributed by atoms with Crippen LogP contribution >= 0.6 is 11.3 Å². The molecule has 0 aromatic carbocycles. The third-order valence-electron chi connectivity index (χ3n) is 2.98. The van der Waals surface area contributed by atoms with E-state index in [1.165, 1.54) is 16.6 Å². The number of carbonyl (C=O) groups excluding carboxylic acids is 1. The van der Waals surface area contributed by atoms with E-state index in [0.717, 1.165) is 13.0 Å². The maximum Gasteiger partial charge on any atom is 0.274 e. The van der Waals surface area contributed by atoms with Crippen LogP contribution in [-0.2, 0) is 13.0 Å². The molecule has 0 fully saturated rings. The minimum Gasteiger partial charge on any atom is -0.396 e. The summed E-state index contributed by atoms with van der Waals surface area (Å²) in [4.78, 5) is 15.4. The normalized spacial score (nSPS) is 14.7. The van der Waals surface area contributed by atoms with Crippen LogP contribution in [0.1, 0.15) is 20.9 Å². The van der Waals surface area contributed by atoms with Gasteiger partial charge in [0.25, 0.3) is 5.91 Å². The Hall–Kier alpha value is -1.82. The molecule has 2 aromatic rings. The van der Waals surface area contributed by atoms with Crippen LogP contribution in [0.5, 0.6) is 0 Å². The Kier molecular flexibility index (Phi) is 2.36. The summed E-state index contributed by atoms with van der Waals surface area (Å²) in [5.74, 6) is -0.0724. The highest BCUT2D eigenvalue weighted by Crippen LogP contribution is 2.25. The average Bonchev–Trinajstić information content (AvgIpc) is 2.95. The number of fused-ring (bicyclic) bond motifs is 1. The number of aromatic nitrogens is 2. The molecule has 0 saturated carbocycles. The van der Waals surface area contributed by atoms with Gasteiger partial charge in [-0.2, -0.15) is 5.10 Å². The fraction of sp³-hybridized carbons (Fsp3) is 0.273. The zero-order chi connectivity index (χ0) is 11.8. The second-order valence-corrected chi connectivity index (χ2v) is 5.05. The van der Waals surface area contributed by atoms with Crippen molar-refractivity contribution >= 4 is 22.9 Å². The summed E-state index contributed by atoms with van der Waals surface area (Å²) in [5, 5.41) is 8.51. The van der Waals surface area contributed by atoms with Gasteiger partial charge in [0.1, 0.15) is 5.69 Å². The van der Waals surface area contributed by atoms with Crippen molar-refractivity contribution in [3.05, 3.63) is 33.8 Å². The van der Waals surface area contributed by atoms with Gasteiger partial charge >= 0.3 is 0 Å². The Morgan fingerprint density at radius 2 is 2.47 bits per heavy atom. The Morgan fingerprint density at radius 3 is 3.24 bits per heavy atom. The molecule has 0 unspecified atom stereocenters. The van der Waals surface area contributed by atoms with Crippen molar-refractivity contribution in [2.45, 2.75) is 13.0 Å². The van der Waals surface area contributed by atoms with E-state index in [1.54, 1.807) is 16.2 Å². The molecule has 3 rings (SSSR count). The third-order valence-corrected chi connectivity index (χ3v) is 4.00. The summed E-state index contributed by atoms with van der Waals surface area (Å²) >= 11 is 1.76. The maximum absolute atomic E-state index is 12.2. The molecule has 3 heterocycles. The molecule has 0 radical (unpaired) electrons. The number of carbonyl (C=O) groups is 1. The summed E-state index contributed by atoms with van der Waals surface area (Å²) in [5.41, 5.74) is 7.73. The number of hydrogen-bond donors (Lipinski definition) is 2. The van der Waals surface area contributed by atoms with Crippen molar-refractivity contribution in [1.29, 1.82) is 0 Å². The van der Waals surface area contributed by atoms with Crippen molar-refractivity contribution in [1.82, 2.24) is 15.1 Å². The van der Waals surface area contributed by atoms with Crippen molar-refractivity contribution in [3.63, 3.8) is 0 Å². The molecular formula is C11H12N4OS. The lowest BCUT2D eigenvalue weighted by atomic mass is 10.1. The van der Waals surface area contributed by atoms with Crippen molar-refractivity contribution < 1.29 is 4.79 Å². The number of nitrogen functional groups attached to an aromatic ring is 1. The molecule has 0 saturated heterocycles. The van der Waals surface area contributed by atoms with Gasteiger partial charge in [0.2, 0.25) is 0 Å².